The highest BCUT2D eigenvalue weighted by molar-refractivity contribution is 5.78. The van der Waals surface area contributed by atoms with E-state index in [9.17, 15) is 18.0 Å². The molecule has 0 aliphatic carbocycles. The van der Waals surface area contributed by atoms with Crippen LogP contribution in [-0.4, -0.2) is 55.2 Å². The fraction of sp³-hybridized carbons (Fsp3) is 0.929. The second-order valence-electron chi connectivity index (χ2n) is 5.76. The zero-order chi connectivity index (χ0) is 15.9. The van der Waals surface area contributed by atoms with Crippen molar-refractivity contribution >= 4 is 5.91 Å². The highest BCUT2D eigenvalue weighted by atomic mass is 19.4. The van der Waals surface area contributed by atoms with Gasteiger partial charge in [0.05, 0.1) is 13.1 Å². The molecular formula is C14H26F3N3O. The van der Waals surface area contributed by atoms with Crippen LogP contribution < -0.4 is 10.6 Å². The van der Waals surface area contributed by atoms with Gasteiger partial charge in [-0.25, -0.2) is 0 Å². The first-order valence-corrected chi connectivity index (χ1v) is 7.62. The molecule has 0 bridgehead atoms. The first kappa shape index (κ1) is 18.2. The van der Waals surface area contributed by atoms with Crippen LogP contribution in [-0.2, 0) is 4.79 Å². The van der Waals surface area contributed by atoms with Gasteiger partial charge < -0.3 is 10.6 Å². The summed E-state index contributed by atoms with van der Waals surface area (Å²) in [5.41, 5.74) is 0. The van der Waals surface area contributed by atoms with Gasteiger partial charge in [0.15, 0.2) is 0 Å². The van der Waals surface area contributed by atoms with E-state index in [4.69, 9.17) is 0 Å². The molecule has 1 unspecified atom stereocenters. The fourth-order valence-electron chi connectivity index (χ4n) is 2.73. The van der Waals surface area contributed by atoms with E-state index in [1.54, 1.807) is 0 Å². The topological polar surface area (TPSA) is 44.4 Å². The van der Waals surface area contributed by atoms with Crippen LogP contribution in [0.2, 0.25) is 0 Å². The zero-order valence-corrected chi connectivity index (χ0v) is 12.8. The van der Waals surface area contributed by atoms with Crippen LogP contribution in [0.1, 0.15) is 39.5 Å². The van der Waals surface area contributed by atoms with Crippen LogP contribution in [0, 0.1) is 0 Å². The zero-order valence-electron chi connectivity index (χ0n) is 12.8. The lowest BCUT2D eigenvalue weighted by Crippen LogP contribution is -2.51. The number of hydrogen-bond acceptors (Lipinski definition) is 3. The van der Waals surface area contributed by atoms with E-state index in [1.165, 1.54) is 4.90 Å². The maximum absolute atomic E-state index is 12.7. The number of nitrogens with one attached hydrogen (secondary N) is 2. The summed E-state index contributed by atoms with van der Waals surface area (Å²) in [6, 6.07) is -0.177. The van der Waals surface area contributed by atoms with Gasteiger partial charge in [0.2, 0.25) is 5.91 Å². The summed E-state index contributed by atoms with van der Waals surface area (Å²) < 4.78 is 38.1. The lowest BCUT2D eigenvalue weighted by molar-refractivity contribution is -0.154. The van der Waals surface area contributed by atoms with Gasteiger partial charge in [-0.2, -0.15) is 13.2 Å². The summed E-state index contributed by atoms with van der Waals surface area (Å²) in [6.45, 7) is 4.08. The third kappa shape index (κ3) is 7.66. The van der Waals surface area contributed by atoms with Crippen molar-refractivity contribution < 1.29 is 18.0 Å². The van der Waals surface area contributed by atoms with Crippen molar-refractivity contribution in [3.63, 3.8) is 0 Å². The Morgan fingerprint density at radius 2 is 2.00 bits per heavy atom. The lowest BCUT2D eigenvalue weighted by atomic mass is 10.0. The maximum atomic E-state index is 12.7. The SMILES string of the molecule is CCCC(C)NC(=O)CN(CC(F)(F)F)C1CCNCC1. The van der Waals surface area contributed by atoms with Gasteiger partial charge in [0, 0.05) is 12.1 Å². The van der Waals surface area contributed by atoms with Crippen molar-refractivity contribution in [3.05, 3.63) is 0 Å². The summed E-state index contributed by atoms with van der Waals surface area (Å²) >= 11 is 0. The van der Waals surface area contributed by atoms with E-state index < -0.39 is 12.7 Å². The van der Waals surface area contributed by atoms with E-state index in [0.717, 1.165) is 12.8 Å². The molecule has 1 aliphatic heterocycles. The fourth-order valence-corrected chi connectivity index (χ4v) is 2.73. The van der Waals surface area contributed by atoms with Crippen molar-refractivity contribution in [3.8, 4) is 0 Å². The number of carbonyl (C=O) groups is 1. The Kier molecular flexibility index (Phi) is 7.45. The Bertz CT molecular complexity index is 317. The van der Waals surface area contributed by atoms with Gasteiger partial charge in [-0.15, -0.1) is 0 Å². The highest BCUT2D eigenvalue weighted by Crippen LogP contribution is 2.21. The molecule has 21 heavy (non-hydrogen) atoms. The molecule has 0 aromatic heterocycles. The maximum Gasteiger partial charge on any atom is 0.401 e. The van der Waals surface area contributed by atoms with E-state index in [0.29, 0.717) is 25.9 Å². The number of piperidine rings is 1. The third-order valence-electron chi connectivity index (χ3n) is 3.68. The molecule has 1 fully saturated rings. The molecule has 1 amide bonds. The molecule has 4 nitrogen and oxygen atoms in total. The lowest BCUT2D eigenvalue weighted by Gasteiger charge is -2.34. The molecule has 1 rings (SSSR count). The first-order valence-electron chi connectivity index (χ1n) is 7.62. The van der Waals surface area contributed by atoms with Crippen molar-refractivity contribution in [2.45, 2.75) is 57.8 Å². The normalized spacial score (nSPS) is 18.8. The molecule has 0 saturated carbocycles. The van der Waals surface area contributed by atoms with Crippen LogP contribution in [0.4, 0.5) is 13.2 Å². The van der Waals surface area contributed by atoms with Crippen LogP contribution in [0.5, 0.6) is 0 Å². The summed E-state index contributed by atoms with van der Waals surface area (Å²) in [4.78, 5) is 13.2. The number of amides is 1. The smallest absolute Gasteiger partial charge is 0.353 e. The van der Waals surface area contributed by atoms with E-state index in [2.05, 4.69) is 10.6 Å². The number of alkyl halides is 3. The van der Waals surface area contributed by atoms with Crippen LogP contribution in [0.25, 0.3) is 0 Å². The quantitative estimate of drug-likeness (QED) is 0.755. The molecule has 1 atom stereocenters. The molecule has 1 saturated heterocycles. The van der Waals surface area contributed by atoms with Crippen molar-refractivity contribution in [1.82, 2.24) is 15.5 Å². The van der Waals surface area contributed by atoms with Gasteiger partial charge in [0.1, 0.15) is 0 Å². The van der Waals surface area contributed by atoms with Gasteiger partial charge in [0.25, 0.3) is 0 Å². The summed E-state index contributed by atoms with van der Waals surface area (Å²) in [7, 11) is 0. The molecule has 7 heteroatoms. The second-order valence-corrected chi connectivity index (χ2v) is 5.76. The van der Waals surface area contributed by atoms with Gasteiger partial charge in [-0.3, -0.25) is 9.69 Å². The minimum absolute atomic E-state index is 0.00302. The number of nitrogens with zero attached hydrogens (tertiary/aromatic N) is 1. The Balaban J connectivity index is 2.57. The molecule has 0 aromatic carbocycles. The van der Waals surface area contributed by atoms with Gasteiger partial charge in [-0.1, -0.05) is 13.3 Å². The Morgan fingerprint density at radius 1 is 1.38 bits per heavy atom. The average molecular weight is 309 g/mol. The van der Waals surface area contributed by atoms with Gasteiger partial charge in [-0.05, 0) is 39.3 Å². The first-order chi connectivity index (χ1) is 9.81. The minimum Gasteiger partial charge on any atom is -0.353 e. The Hall–Kier alpha value is -0.820. The van der Waals surface area contributed by atoms with Crippen LogP contribution in [0.3, 0.4) is 0 Å². The Labute approximate surface area is 124 Å². The van der Waals surface area contributed by atoms with E-state index >= 15 is 0 Å². The molecular weight excluding hydrogens is 283 g/mol. The summed E-state index contributed by atoms with van der Waals surface area (Å²) in [5, 5.41) is 5.90. The van der Waals surface area contributed by atoms with Crippen molar-refractivity contribution in [2.75, 3.05) is 26.2 Å². The van der Waals surface area contributed by atoms with Crippen molar-refractivity contribution in [2.24, 2.45) is 0 Å². The number of rotatable bonds is 7. The molecule has 2 N–H and O–H groups in total. The van der Waals surface area contributed by atoms with E-state index in [1.807, 2.05) is 13.8 Å². The number of hydrogen-bond donors (Lipinski definition) is 2. The van der Waals surface area contributed by atoms with Crippen LogP contribution >= 0.6 is 0 Å². The molecule has 1 heterocycles. The standard InChI is InChI=1S/C14H26F3N3O/c1-3-4-11(2)19-13(21)9-20(10-14(15,16)17)12-5-7-18-8-6-12/h11-12,18H,3-10H2,1-2H3,(H,19,21). The number of halogens is 3. The monoisotopic (exact) mass is 309 g/mol. The molecule has 0 aromatic rings. The van der Waals surface area contributed by atoms with Crippen LogP contribution in [0.15, 0.2) is 0 Å². The molecule has 124 valence electrons. The van der Waals surface area contributed by atoms with Crippen molar-refractivity contribution in [1.29, 1.82) is 0 Å². The predicted octanol–water partition coefficient (Wildman–Crippen LogP) is 1.91. The summed E-state index contributed by atoms with van der Waals surface area (Å²) in [5.74, 6) is -0.321. The van der Waals surface area contributed by atoms with E-state index in [-0.39, 0.29) is 24.5 Å². The Morgan fingerprint density at radius 3 is 2.52 bits per heavy atom. The predicted molar refractivity (Wildman–Crippen MR) is 76.0 cm³/mol. The molecule has 0 spiro atoms. The number of carbonyl (C=O) groups excluding carboxylic acids is 1. The third-order valence-corrected chi connectivity index (χ3v) is 3.68. The minimum atomic E-state index is -4.28. The average Bonchev–Trinajstić information content (AvgIpc) is 2.37. The van der Waals surface area contributed by atoms with Gasteiger partial charge >= 0.3 is 6.18 Å². The summed E-state index contributed by atoms with van der Waals surface area (Å²) in [6.07, 6.45) is -1.22. The second kappa shape index (κ2) is 8.58. The highest BCUT2D eigenvalue weighted by Gasteiger charge is 2.35. The molecule has 1 aliphatic rings. The largest absolute Gasteiger partial charge is 0.401 e. The molecule has 0 radical (unpaired) electrons.